The second-order valence-corrected chi connectivity index (χ2v) is 7.85. The quantitative estimate of drug-likeness (QED) is 0.737. The highest BCUT2D eigenvalue weighted by Gasteiger charge is 2.34. The van der Waals surface area contributed by atoms with Crippen molar-refractivity contribution < 1.29 is 27.6 Å². The zero-order valence-corrected chi connectivity index (χ0v) is 16.8. The number of aromatic nitrogens is 1. The molecule has 11 heteroatoms. The number of piperazine rings is 1. The first-order valence-corrected chi connectivity index (χ1v) is 10.3. The number of cyclic esters (lactones) is 1. The fraction of sp³-hybridized carbons (Fsp3) is 0.500. The number of carbonyl (C=O) groups is 1. The van der Waals surface area contributed by atoms with Gasteiger partial charge in [-0.05, 0) is 0 Å². The molecule has 0 spiro atoms. The molecule has 1 aromatic carbocycles. The third-order valence-electron chi connectivity index (χ3n) is 5.90. The van der Waals surface area contributed by atoms with Crippen LogP contribution in [0.15, 0.2) is 29.0 Å². The Balaban J connectivity index is 1.24. The van der Waals surface area contributed by atoms with Crippen LogP contribution in [0, 0.1) is 11.6 Å². The molecule has 3 fully saturated rings. The van der Waals surface area contributed by atoms with Gasteiger partial charge in [0.2, 0.25) is 0 Å². The number of rotatable bonds is 6. The average molecular weight is 435 g/mol. The van der Waals surface area contributed by atoms with Crippen LogP contribution >= 0.6 is 0 Å². The molecule has 3 saturated heterocycles. The summed E-state index contributed by atoms with van der Waals surface area (Å²) >= 11 is 0. The molecule has 4 heterocycles. The molecule has 3 aliphatic heterocycles. The lowest BCUT2D eigenvalue weighted by molar-refractivity contribution is -0.0661. The van der Waals surface area contributed by atoms with Crippen LogP contribution in [-0.2, 0) is 9.47 Å². The molecular formula is C20H23F2N5O4. The first-order valence-electron chi connectivity index (χ1n) is 10.3. The van der Waals surface area contributed by atoms with Crippen molar-refractivity contribution in [2.24, 2.45) is 0 Å². The number of hydrogen-bond donors (Lipinski definition) is 1. The van der Waals surface area contributed by atoms with E-state index in [1.165, 1.54) is 23.3 Å². The summed E-state index contributed by atoms with van der Waals surface area (Å²) in [5.74, 6) is -0.860. The van der Waals surface area contributed by atoms with Gasteiger partial charge in [-0.2, -0.15) is 0 Å². The van der Waals surface area contributed by atoms with Gasteiger partial charge >= 0.3 is 6.09 Å². The van der Waals surface area contributed by atoms with E-state index in [4.69, 9.17) is 14.0 Å². The molecule has 5 rings (SSSR count). The Morgan fingerprint density at radius 3 is 2.48 bits per heavy atom. The van der Waals surface area contributed by atoms with Crippen LogP contribution in [0.3, 0.4) is 0 Å². The standard InChI is InChI=1S/C20H23F2N5O4/c21-16-7-13(27-10-15(31-20(27)28)9-23-18-1-6-30-24-18)8-17(22)19(16)26-4-2-25(3-5-26)14-11-29-12-14/h1,6-8,14-15H,2-5,9-12H2,(H,23,24)/t15-/m1/s1. The van der Waals surface area contributed by atoms with Crippen molar-refractivity contribution in [3.05, 3.63) is 36.1 Å². The Labute approximate surface area is 177 Å². The molecule has 31 heavy (non-hydrogen) atoms. The van der Waals surface area contributed by atoms with Gasteiger partial charge in [-0.15, -0.1) is 0 Å². The zero-order chi connectivity index (χ0) is 21.4. The molecule has 1 atom stereocenters. The highest BCUT2D eigenvalue weighted by Crippen LogP contribution is 2.32. The van der Waals surface area contributed by atoms with Crippen LogP contribution in [0.5, 0.6) is 0 Å². The summed E-state index contributed by atoms with van der Waals surface area (Å²) in [7, 11) is 0. The Hall–Kier alpha value is -2.92. The molecule has 9 nitrogen and oxygen atoms in total. The van der Waals surface area contributed by atoms with Gasteiger partial charge in [-0.3, -0.25) is 9.80 Å². The first kappa shape index (κ1) is 20.0. The van der Waals surface area contributed by atoms with Crippen LogP contribution in [0.1, 0.15) is 0 Å². The van der Waals surface area contributed by atoms with E-state index in [1.807, 2.05) is 0 Å². The predicted molar refractivity (Wildman–Crippen MR) is 107 cm³/mol. The van der Waals surface area contributed by atoms with Crippen molar-refractivity contribution >= 4 is 23.3 Å². The molecule has 2 aromatic rings. The Bertz CT molecular complexity index is 909. The van der Waals surface area contributed by atoms with Gasteiger partial charge in [0.15, 0.2) is 17.5 Å². The van der Waals surface area contributed by atoms with Gasteiger partial charge in [0.1, 0.15) is 18.1 Å². The molecule has 0 aliphatic carbocycles. The Morgan fingerprint density at radius 1 is 1.13 bits per heavy atom. The second kappa shape index (κ2) is 8.31. The van der Waals surface area contributed by atoms with Crippen molar-refractivity contribution in [1.29, 1.82) is 0 Å². The molecule has 0 radical (unpaired) electrons. The number of benzene rings is 1. The number of hydrogen-bond acceptors (Lipinski definition) is 8. The first-order chi connectivity index (χ1) is 15.1. The van der Waals surface area contributed by atoms with Gasteiger partial charge in [-0.1, -0.05) is 5.16 Å². The fourth-order valence-corrected chi connectivity index (χ4v) is 4.12. The van der Waals surface area contributed by atoms with Crippen molar-refractivity contribution in [1.82, 2.24) is 10.1 Å². The van der Waals surface area contributed by atoms with Crippen molar-refractivity contribution in [3.8, 4) is 0 Å². The highest BCUT2D eigenvalue weighted by atomic mass is 19.1. The minimum absolute atomic E-state index is 0.0509. The third kappa shape index (κ3) is 4.02. The van der Waals surface area contributed by atoms with Gasteiger partial charge in [0.05, 0.1) is 38.0 Å². The Morgan fingerprint density at radius 2 is 1.87 bits per heavy atom. The summed E-state index contributed by atoms with van der Waals surface area (Å²) in [6, 6.07) is 4.43. The molecule has 1 aromatic heterocycles. The minimum Gasteiger partial charge on any atom is -0.442 e. The maximum absolute atomic E-state index is 14.9. The highest BCUT2D eigenvalue weighted by molar-refractivity contribution is 5.90. The SMILES string of the molecule is O=C1O[C@H](CNc2ccon2)CN1c1cc(F)c(N2CCN(C3COC3)CC2)c(F)c1. The summed E-state index contributed by atoms with van der Waals surface area (Å²) in [5.41, 5.74) is 0.0861. The van der Waals surface area contributed by atoms with E-state index in [0.29, 0.717) is 31.5 Å². The van der Waals surface area contributed by atoms with Crippen molar-refractivity contribution in [2.45, 2.75) is 12.1 Å². The fourth-order valence-electron chi connectivity index (χ4n) is 4.12. The normalized spacial score (nSPS) is 22.5. The lowest BCUT2D eigenvalue weighted by Crippen LogP contribution is -2.56. The van der Waals surface area contributed by atoms with Crippen LogP contribution in [-0.4, -0.2) is 80.8 Å². The smallest absolute Gasteiger partial charge is 0.414 e. The minimum atomic E-state index is -0.688. The molecule has 0 unspecified atom stereocenters. The predicted octanol–water partition coefficient (Wildman–Crippen LogP) is 1.91. The van der Waals surface area contributed by atoms with Gasteiger partial charge in [0.25, 0.3) is 0 Å². The lowest BCUT2D eigenvalue weighted by atomic mass is 10.1. The van der Waals surface area contributed by atoms with E-state index in [9.17, 15) is 13.6 Å². The third-order valence-corrected chi connectivity index (χ3v) is 5.90. The van der Waals surface area contributed by atoms with Crippen molar-refractivity contribution in [2.75, 3.05) is 67.6 Å². The average Bonchev–Trinajstić information content (AvgIpc) is 3.35. The van der Waals surface area contributed by atoms with Crippen molar-refractivity contribution in [3.63, 3.8) is 0 Å². The van der Waals surface area contributed by atoms with Crippen LogP contribution in [0.4, 0.5) is 30.8 Å². The lowest BCUT2D eigenvalue weighted by Gasteiger charge is -2.43. The molecule has 3 aliphatic rings. The number of nitrogens with one attached hydrogen (secondary N) is 1. The number of nitrogens with zero attached hydrogens (tertiary/aromatic N) is 4. The maximum Gasteiger partial charge on any atom is 0.414 e. The molecular weight excluding hydrogens is 412 g/mol. The topological polar surface area (TPSA) is 83.3 Å². The summed E-state index contributed by atoms with van der Waals surface area (Å²) < 4.78 is 45.1. The van der Waals surface area contributed by atoms with E-state index in [-0.39, 0.29) is 17.9 Å². The molecule has 0 saturated carbocycles. The maximum atomic E-state index is 14.9. The van der Waals surface area contributed by atoms with Gasteiger partial charge in [0, 0.05) is 44.4 Å². The second-order valence-electron chi connectivity index (χ2n) is 7.85. The number of carbonyl (C=O) groups excluding carboxylic acids is 1. The molecule has 1 N–H and O–H groups in total. The van der Waals surface area contributed by atoms with E-state index in [0.717, 1.165) is 26.3 Å². The van der Waals surface area contributed by atoms with Gasteiger partial charge < -0.3 is 24.2 Å². The zero-order valence-electron chi connectivity index (χ0n) is 16.8. The Kier molecular flexibility index (Phi) is 5.36. The molecule has 0 bridgehead atoms. The molecule has 1 amide bonds. The van der Waals surface area contributed by atoms with E-state index >= 15 is 0 Å². The molecule has 166 valence electrons. The van der Waals surface area contributed by atoms with E-state index in [2.05, 4.69) is 15.4 Å². The van der Waals surface area contributed by atoms with E-state index < -0.39 is 23.8 Å². The van der Waals surface area contributed by atoms with Crippen LogP contribution < -0.4 is 15.1 Å². The van der Waals surface area contributed by atoms with Crippen LogP contribution in [0.25, 0.3) is 0 Å². The number of ether oxygens (including phenoxy) is 2. The summed E-state index contributed by atoms with van der Waals surface area (Å²) in [6.07, 6.45) is 0.290. The summed E-state index contributed by atoms with van der Waals surface area (Å²) in [6.45, 7) is 4.44. The van der Waals surface area contributed by atoms with E-state index in [1.54, 1.807) is 11.0 Å². The number of amides is 1. The number of halogens is 2. The van der Waals surface area contributed by atoms with Crippen LogP contribution in [0.2, 0.25) is 0 Å². The summed E-state index contributed by atoms with van der Waals surface area (Å²) in [5, 5.41) is 6.70. The number of anilines is 3. The monoisotopic (exact) mass is 435 g/mol. The summed E-state index contributed by atoms with van der Waals surface area (Å²) in [4.78, 5) is 17.5. The van der Waals surface area contributed by atoms with Gasteiger partial charge in [-0.25, -0.2) is 13.6 Å². The largest absolute Gasteiger partial charge is 0.442 e.